The summed E-state index contributed by atoms with van der Waals surface area (Å²) in [5, 5.41) is 6.31. The quantitative estimate of drug-likeness (QED) is 0.428. The molecule has 2 aliphatic heterocycles. The van der Waals surface area contributed by atoms with Gasteiger partial charge in [-0.2, -0.15) is 0 Å². The van der Waals surface area contributed by atoms with Crippen LogP contribution in [0.15, 0.2) is 41.4 Å². The van der Waals surface area contributed by atoms with Gasteiger partial charge in [0.15, 0.2) is 5.96 Å². The lowest BCUT2D eigenvalue weighted by Gasteiger charge is -2.35. The predicted octanol–water partition coefficient (Wildman–Crippen LogP) is 3.22. The SMILES string of the molecule is CN=C(NCCOc1ccc2c(c1)CCC(=O)N2)N1CCOC(c2ccc(C)cc2C)C1. The molecule has 0 radical (unpaired) electrons. The molecule has 2 aromatic rings. The Morgan fingerprint density at radius 1 is 1.25 bits per heavy atom. The van der Waals surface area contributed by atoms with E-state index in [1.165, 1.54) is 16.7 Å². The number of nitrogens with zero attached hydrogens (tertiary/aromatic N) is 2. The van der Waals surface area contributed by atoms with Crippen LogP contribution >= 0.6 is 0 Å². The minimum absolute atomic E-state index is 0.0372. The van der Waals surface area contributed by atoms with Crippen molar-refractivity contribution in [3.63, 3.8) is 0 Å². The first-order valence-corrected chi connectivity index (χ1v) is 11.2. The highest BCUT2D eigenvalue weighted by atomic mass is 16.5. The number of ether oxygens (including phenoxy) is 2. The van der Waals surface area contributed by atoms with Gasteiger partial charge in [-0.1, -0.05) is 23.8 Å². The predicted molar refractivity (Wildman–Crippen MR) is 126 cm³/mol. The van der Waals surface area contributed by atoms with Crippen molar-refractivity contribution in [2.45, 2.75) is 32.8 Å². The molecular formula is C25H32N4O3. The molecule has 7 heteroatoms. The van der Waals surface area contributed by atoms with Crippen molar-refractivity contribution in [3.05, 3.63) is 58.7 Å². The number of fused-ring (bicyclic) bond motifs is 1. The van der Waals surface area contributed by atoms with Crippen LogP contribution in [0.4, 0.5) is 5.69 Å². The fourth-order valence-corrected chi connectivity index (χ4v) is 4.33. The summed E-state index contributed by atoms with van der Waals surface area (Å²) in [6.45, 7) is 7.66. The van der Waals surface area contributed by atoms with Crippen LogP contribution in [0.2, 0.25) is 0 Å². The lowest BCUT2D eigenvalue weighted by molar-refractivity contribution is -0.116. The van der Waals surface area contributed by atoms with Gasteiger partial charge in [-0.25, -0.2) is 0 Å². The zero-order valence-corrected chi connectivity index (χ0v) is 19.1. The van der Waals surface area contributed by atoms with Gasteiger partial charge in [0.25, 0.3) is 0 Å². The molecule has 0 aliphatic carbocycles. The number of carbonyl (C=O) groups excluding carboxylic acids is 1. The molecule has 1 amide bonds. The van der Waals surface area contributed by atoms with Crippen LogP contribution in [0.25, 0.3) is 0 Å². The number of nitrogens with one attached hydrogen (secondary N) is 2. The van der Waals surface area contributed by atoms with Crippen LogP contribution in [0, 0.1) is 13.8 Å². The van der Waals surface area contributed by atoms with Crippen molar-refractivity contribution in [2.24, 2.45) is 4.99 Å². The molecule has 1 atom stereocenters. The van der Waals surface area contributed by atoms with E-state index in [1.54, 1.807) is 0 Å². The minimum atomic E-state index is 0.0372. The minimum Gasteiger partial charge on any atom is -0.492 e. The van der Waals surface area contributed by atoms with Crippen molar-refractivity contribution in [1.82, 2.24) is 10.2 Å². The Hall–Kier alpha value is -3.06. The number of aryl methyl sites for hydroxylation is 3. The molecule has 2 aromatic carbocycles. The highest BCUT2D eigenvalue weighted by molar-refractivity contribution is 5.94. The third kappa shape index (κ3) is 5.22. The molecule has 0 spiro atoms. The Morgan fingerprint density at radius 2 is 2.12 bits per heavy atom. The van der Waals surface area contributed by atoms with E-state index in [0.29, 0.717) is 26.2 Å². The molecule has 4 rings (SSSR count). The van der Waals surface area contributed by atoms with E-state index in [-0.39, 0.29) is 12.0 Å². The van der Waals surface area contributed by atoms with Crippen LogP contribution in [0.5, 0.6) is 5.75 Å². The van der Waals surface area contributed by atoms with Crippen LogP contribution in [-0.2, 0) is 16.0 Å². The summed E-state index contributed by atoms with van der Waals surface area (Å²) < 4.78 is 12.0. The van der Waals surface area contributed by atoms with Crippen LogP contribution in [-0.4, -0.2) is 56.7 Å². The first kappa shape index (κ1) is 22.1. The number of rotatable bonds is 5. The average molecular weight is 437 g/mol. The van der Waals surface area contributed by atoms with Crippen LogP contribution in [0.3, 0.4) is 0 Å². The number of amides is 1. The molecule has 0 bridgehead atoms. The number of aliphatic imine (C=N–C) groups is 1. The zero-order chi connectivity index (χ0) is 22.5. The Bertz CT molecular complexity index is 1000. The highest BCUT2D eigenvalue weighted by Crippen LogP contribution is 2.27. The number of morpholine rings is 1. The molecule has 7 nitrogen and oxygen atoms in total. The smallest absolute Gasteiger partial charge is 0.224 e. The first-order valence-electron chi connectivity index (χ1n) is 11.2. The molecule has 0 aromatic heterocycles. The Kier molecular flexibility index (Phi) is 6.95. The summed E-state index contributed by atoms with van der Waals surface area (Å²) in [5.74, 6) is 1.75. The molecule has 1 unspecified atom stereocenters. The van der Waals surface area contributed by atoms with Crippen LogP contribution < -0.4 is 15.4 Å². The van der Waals surface area contributed by atoms with E-state index in [9.17, 15) is 4.79 Å². The van der Waals surface area contributed by atoms with Crippen molar-refractivity contribution < 1.29 is 14.3 Å². The molecule has 1 fully saturated rings. The number of anilines is 1. The largest absolute Gasteiger partial charge is 0.492 e. The maximum Gasteiger partial charge on any atom is 0.224 e. The summed E-state index contributed by atoms with van der Waals surface area (Å²) in [6.07, 6.45) is 1.31. The molecule has 1 saturated heterocycles. The second-order valence-corrected chi connectivity index (χ2v) is 8.36. The fraction of sp³-hybridized carbons (Fsp3) is 0.440. The monoisotopic (exact) mass is 436 g/mol. The standard InChI is InChI=1S/C25H32N4O3/c1-17-4-7-21(18(2)14-17)23-16-29(11-13-32-23)25(26-3)27-10-12-31-20-6-8-22-19(15-20)5-9-24(30)28-22/h4,6-8,14-15,23H,5,9-13,16H2,1-3H3,(H,26,27)(H,28,30). The third-order valence-corrected chi connectivity index (χ3v) is 5.98. The van der Waals surface area contributed by atoms with Gasteiger partial charge >= 0.3 is 0 Å². The van der Waals surface area contributed by atoms with Crippen LogP contribution in [0.1, 0.15) is 34.8 Å². The maximum absolute atomic E-state index is 11.5. The van der Waals surface area contributed by atoms with Gasteiger partial charge in [-0.05, 0) is 55.2 Å². The number of hydrogen-bond acceptors (Lipinski definition) is 4. The van der Waals surface area contributed by atoms with E-state index in [0.717, 1.165) is 42.5 Å². The summed E-state index contributed by atoms with van der Waals surface area (Å²) in [6, 6.07) is 12.3. The van der Waals surface area contributed by atoms with Gasteiger partial charge in [0.2, 0.25) is 5.91 Å². The number of benzene rings is 2. The van der Waals surface area contributed by atoms with Crippen molar-refractivity contribution in [1.29, 1.82) is 0 Å². The van der Waals surface area contributed by atoms with Gasteiger partial charge in [-0.3, -0.25) is 9.79 Å². The van der Waals surface area contributed by atoms with Gasteiger partial charge in [0.05, 0.1) is 19.7 Å². The normalized spacial score (nSPS) is 18.7. The van der Waals surface area contributed by atoms with Crippen molar-refractivity contribution >= 4 is 17.6 Å². The van der Waals surface area contributed by atoms with Gasteiger partial charge in [-0.15, -0.1) is 0 Å². The number of hydrogen-bond donors (Lipinski definition) is 2. The molecule has 2 aliphatic rings. The van der Waals surface area contributed by atoms with Crippen molar-refractivity contribution in [2.75, 3.05) is 45.2 Å². The van der Waals surface area contributed by atoms with Gasteiger partial charge in [0, 0.05) is 25.7 Å². The molecule has 32 heavy (non-hydrogen) atoms. The summed E-state index contributed by atoms with van der Waals surface area (Å²) in [7, 11) is 1.81. The molecule has 0 saturated carbocycles. The average Bonchev–Trinajstić information content (AvgIpc) is 2.79. The Balaban J connectivity index is 1.29. The molecule has 170 valence electrons. The summed E-state index contributed by atoms with van der Waals surface area (Å²) in [5.41, 5.74) is 5.77. The first-order chi connectivity index (χ1) is 15.5. The summed E-state index contributed by atoms with van der Waals surface area (Å²) >= 11 is 0. The maximum atomic E-state index is 11.5. The van der Waals surface area contributed by atoms with E-state index >= 15 is 0 Å². The fourth-order valence-electron chi connectivity index (χ4n) is 4.33. The zero-order valence-electron chi connectivity index (χ0n) is 19.1. The Labute approximate surface area is 189 Å². The van der Waals surface area contributed by atoms with Gasteiger partial charge < -0.3 is 25.0 Å². The number of carbonyl (C=O) groups is 1. The molecular weight excluding hydrogens is 404 g/mol. The van der Waals surface area contributed by atoms with E-state index in [4.69, 9.17) is 9.47 Å². The second kappa shape index (κ2) is 10.0. The van der Waals surface area contributed by atoms with E-state index in [2.05, 4.69) is 52.6 Å². The third-order valence-electron chi connectivity index (χ3n) is 5.98. The van der Waals surface area contributed by atoms with E-state index < -0.39 is 0 Å². The van der Waals surface area contributed by atoms with Gasteiger partial charge in [0.1, 0.15) is 18.5 Å². The highest BCUT2D eigenvalue weighted by Gasteiger charge is 2.25. The topological polar surface area (TPSA) is 75.2 Å². The van der Waals surface area contributed by atoms with E-state index in [1.807, 2.05) is 25.2 Å². The van der Waals surface area contributed by atoms with Crippen molar-refractivity contribution in [3.8, 4) is 5.75 Å². The molecule has 2 N–H and O–H groups in total. The summed E-state index contributed by atoms with van der Waals surface area (Å²) in [4.78, 5) is 18.2. The number of guanidine groups is 1. The second-order valence-electron chi connectivity index (χ2n) is 8.36. The lowest BCUT2D eigenvalue weighted by Crippen LogP contribution is -2.49. The lowest BCUT2D eigenvalue weighted by atomic mass is 10.00. The Morgan fingerprint density at radius 3 is 2.94 bits per heavy atom. The molecule has 2 heterocycles.